The van der Waals surface area contributed by atoms with Gasteiger partial charge in [0.2, 0.25) is 11.8 Å². The molecule has 0 unspecified atom stereocenters. The van der Waals surface area contributed by atoms with Crippen molar-refractivity contribution < 1.29 is 9.59 Å². The zero-order chi connectivity index (χ0) is 23.8. The third-order valence-corrected chi connectivity index (χ3v) is 6.04. The Bertz CT molecular complexity index is 1060. The van der Waals surface area contributed by atoms with E-state index in [-0.39, 0.29) is 23.9 Å². The fraction of sp³-hybridized carbons (Fsp3) is 0.370. The summed E-state index contributed by atoms with van der Waals surface area (Å²) in [6.07, 6.45) is 1.38. The van der Waals surface area contributed by atoms with Gasteiger partial charge in [-0.1, -0.05) is 60.7 Å². The number of aromatic nitrogens is 2. The number of nitrogens with zero attached hydrogens (tertiary/aromatic N) is 2. The molecule has 6 heteroatoms. The van der Waals surface area contributed by atoms with Gasteiger partial charge in [0.05, 0.1) is 17.8 Å². The molecule has 2 atom stereocenters. The van der Waals surface area contributed by atoms with E-state index in [1.165, 1.54) is 0 Å². The third kappa shape index (κ3) is 6.78. The Morgan fingerprint density at radius 1 is 0.818 bits per heavy atom. The first-order chi connectivity index (χ1) is 15.8. The lowest BCUT2D eigenvalue weighted by molar-refractivity contribution is -0.122. The second-order valence-corrected chi connectivity index (χ2v) is 8.52. The van der Waals surface area contributed by atoms with E-state index in [0.29, 0.717) is 25.8 Å². The minimum absolute atomic E-state index is 0.00488. The van der Waals surface area contributed by atoms with Crippen molar-refractivity contribution in [1.82, 2.24) is 20.4 Å². The monoisotopic (exact) mass is 446 g/mol. The Morgan fingerprint density at radius 3 is 1.82 bits per heavy atom. The predicted octanol–water partition coefficient (Wildman–Crippen LogP) is 4.58. The van der Waals surface area contributed by atoms with Crippen LogP contribution in [0.2, 0.25) is 0 Å². The molecule has 2 aromatic carbocycles. The van der Waals surface area contributed by atoms with Crippen LogP contribution >= 0.6 is 0 Å². The first kappa shape index (κ1) is 24.2. The second-order valence-electron chi connectivity index (χ2n) is 8.52. The molecule has 2 amide bonds. The molecule has 174 valence electrons. The summed E-state index contributed by atoms with van der Waals surface area (Å²) in [7, 11) is 0. The van der Waals surface area contributed by atoms with Gasteiger partial charge in [-0.25, -0.2) is 0 Å². The molecule has 33 heavy (non-hydrogen) atoms. The van der Waals surface area contributed by atoms with Gasteiger partial charge in [0, 0.05) is 25.1 Å². The number of benzene rings is 2. The number of carbonyl (C=O) groups excluding carboxylic acids is 2. The fourth-order valence-corrected chi connectivity index (χ4v) is 4.04. The van der Waals surface area contributed by atoms with Crippen LogP contribution in [0.4, 0.5) is 0 Å². The first-order valence-corrected chi connectivity index (χ1v) is 11.6. The first-order valence-electron chi connectivity index (χ1n) is 11.6. The lowest BCUT2D eigenvalue weighted by Crippen LogP contribution is -2.27. The highest BCUT2D eigenvalue weighted by molar-refractivity contribution is 5.77. The molecule has 0 aliphatic rings. The molecule has 0 radical (unpaired) electrons. The molecule has 3 rings (SSSR count). The van der Waals surface area contributed by atoms with Crippen LogP contribution in [0.5, 0.6) is 0 Å². The number of rotatable bonds is 10. The maximum atomic E-state index is 12.5. The molecule has 0 aliphatic heterocycles. The largest absolute Gasteiger partial charge is 0.350 e. The van der Waals surface area contributed by atoms with Gasteiger partial charge < -0.3 is 10.6 Å². The Kier molecular flexibility index (Phi) is 8.41. The number of hydrogen-bond acceptors (Lipinski definition) is 3. The summed E-state index contributed by atoms with van der Waals surface area (Å²) >= 11 is 0. The standard InChI is InChI=1S/C27H34N4O2/c1-19(23-11-7-5-8-12-23)28-26(32)16-15-25-21(3)30-31(22(25)4)18-17-27(33)29-20(2)24-13-9-6-10-14-24/h5-14,19-20H,15-18H2,1-4H3,(H,28,32)(H,29,33)/t19-,20+/m0/s1. The lowest BCUT2D eigenvalue weighted by Gasteiger charge is -2.15. The molecular weight excluding hydrogens is 412 g/mol. The Labute approximate surface area is 196 Å². The summed E-state index contributed by atoms with van der Waals surface area (Å²) in [5.41, 5.74) is 5.18. The molecule has 0 fully saturated rings. The van der Waals surface area contributed by atoms with Crippen molar-refractivity contribution in [1.29, 1.82) is 0 Å². The summed E-state index contributed by atoms with van der Waals surface area (Å²) in [5.74, 6) is 0.0157. The van der Waals surface area contributed by atoms with Gasteiger partial charge in [0.25, 0.3) is 0 Å². The highest BCUT2D eigenvalue weighted by Gasteiger charge is 2.16. The summed E-state index contributed by atoms with van der Waals surface area (Å²) < 4.78 is 1.88. The molecule has 0 aliphatic carbocycles. The van der Waals surface area contributed by atoms with Crippen LogP contribution in [0, 0.1) is 13.8 Å². The number of nitrogens with one attached hydrogen (secondary N) is 2. The van der Waals surface area contributed by atoms with Crippen LogP contribution < -0.4 is 10.6 Å². The van der Waals surface area contributed by atoms with E-state index < -0.39 is 0 Å². The van der Waals surface area contributed by atoms with E-state index in [4.69, 9.17) is 0 Å². The van der Waals surface area contributed by atoms with Crippen LogP contribution in [0.3, 0.4) is 0 Å². The average Bonchev–Trinajstić information content (AvgIpc) is 3.09. The molecular formula is C27H34N4O2. The van der Waals surface area contributed by atoms with Gasteiger partial charge in [0.15, 0.2) is 0 Å². The summed E-state index contributed by atoms with van der Waals surface area (Å²) in [6, 6.07) is 19.8. The van der Waals surface area contributed by atoms with Gasteiger partial charge in [0.1, 0.15) is 0 Å². The maximum absolute atomic E-state index is 12.5. The van der Waals surface area contributed by atoms with Crippen LogP contribution in [-0.2, 0) is 22.6 Å². The minimum Gasteiger partial charge on any atom is -0.350 e. The van der Waals surface area contributed by atoms with E-state index in [2.05, 4.69) is 15.7 Å². The van der Waals surface area contributed by atoms with Gasteiger partial charge in [-0.05, 0) is 50.8 Å². The molecule has 0 saturated heterocycles. The van der Waals surface area contributed by atoms with Crippen LogP contribution in [0.25, 0.3) is 0 Å². The van der Waals surface area contributed by atoms with Gasteiger partial charge in [-0.3, -0.25) is 14.3 Å². The van der Waals surface area contributed by atoms with Gasteiger partial charge >= 0.3 is 0 Å². The normalized spacial score (nSPS) is 12.7. The molecule has 2 N–H and O–H groups in total. The smallest absolute Gasteiger partial charge is 0.222 e. The van der Waals surface area contributed by atoms with Crippen LogP contribution in [-0.4, -0.2) is 21.6 Å². The van der Waals surface area contributed by atoms with Crippen LogP contribution in [0.1, 0.15) is 66.9 Å². The Balaban J connectivity index is 1.50. The Morgan fingerprint density at radius 2 is 1.30 bits per heavy atom. The fourth-order valence-electron chi connectivity index (χ4n) is 4.04. The zero-order valence-corrected chi connectivity index (χ0v) is 20.0. The molecule has 0 saturated carbocycles. The third-order valence-electron chi connectivity index (χ3n) is 6.04. The van der Waals surface area contributed by atoms with Crippen molar-refractivity contribution in [3.63, 3.8) is 0 Å². The minimum atomic E-state index is -0.0356. The molecule has 6 nitrogen and oxygen atoms in total. The topological polar surface area (TPSA) is 76.0 Å². The molecule has 3 aromatic rings. The number of carbonyl (C=O) groups is 2. The van der Waals surface area contributed by atoms with Crippen LogP contribution in [0.15, 0.2) is 60.7 Å². The van der Waals surface area contributed by atoms with Crippen molar-refractivity contribution in [2.24, 2.45) is 0 Å². The van der Waals surface area contributed by atoms with Crippen molar-refractivity contribution >= 4 is 11.8 Å². The van der Waals surface area contributed by atoms with E-state index in [1.54, 1.807) is 0 Å². The number of hydrogen-bond donors (Lipinski definition) is 2. The number of aryl methyl sites for hydroxylation is 2. The lowest BCUT2D eigenvalue weighted by atomic mass is 10.1. The number of amides is 2. The maximum Gasteiger partial charge on any atom is 0.222 e. The van der Waals surface area contributed by atoms with E-state index in [1.807, 2.05) is 93.0 Å². The van der Waals surface area contributed by atoms with Crippen molar-refractivity contribution in [2.75, 3.05) is 0 Å². The molecule has 1 aromatic heterocycles. The van der Waals surface area contributed by atoms with E-state index in [0.717, 1.165) is 28.1 Å². The molecule has 1 heterocycles. The highest BCUT2D eigenvalue weighted by atomic mass is 16.2. The quantitative estimate of drug-likeness (QED) is 0.479. The van der Waals surface area contributed by atoms with Crippen molar-refractivity contribution in [3.8, 4) is 0 Å². The Hall–Kier alpha value is -3.41. The highest BCUT2D eigenvalue weighted by Crippen LogP contribution is 2.17. The van der Waals surface area contributed by atoms with E-state index in [9.17, 15) is 9.59 Å². The average molecular weight is 447 g/mol. The summed E-state index contributed by atoms with van der Waals surface area (Å²) in [4.78, 5) is 24.9. The SMILES string of the molecule is Cc1nn(CCC(=O)N[C@H](C)c2ccccc2)c(C)c1CCC(=O)N[C@@H](C)c1ccccc1. The van der Waals surface area contributed by atoms with Gasteiger partial charge in [-0.15, -0.1) is 0 Å². The predicted molar refractivity (Wildman–Crippen MR) is 131 cm³/mol. The van der Waals surface area contributed by atoms with Gasteiger partial charge in [-0.2, -0.15) is 5.10 Å². The summed E-state index contributed by atoms with van der Waals surface area (Å²) in [5, 5.41) is 10.7. The zero-order valence-electron chi connectivity index (χ0n) is 20.0. The summed E-state index contributed by atoms with van der Waals surface area (Å²) in [6.45, 7) is 8.45. The molecule has 0 bridgehead atoms. The molecule has 0 spiro atoms. The van der Waals surface area contributed by atoms with E-state index >= 15 is 0 Å². The van der Waals surface area contributed by atoms with Crippen molar-refractivity contribution in [2.45, 2.75) is 65.6 Å². The van der Waals surface area contributed by atoms with Crippen molar-refractivity contribution in [3.05, 3.63) is 88.7 Å². The second kappa shape index (κ2) is 11.5.